The Hall–Kier alpha value is -1.96. The van der Waals surface area contributed by atoms with Crippen molar-refractivity contribution in [3.05, 3.63) is 60.2 Å². The van der Waals surface area contributed by atoms with Gasteiger partial charge in [0.05, 0.1) is 0 Å². The maximum absolute atomic E-state index is 5.76. The first-order valence-corrected chi connectivity index (χ1v) is 7.24. The van der Waals surface area contributed by atoms with E-state index in [1.807, 2.05) is 30.3 Å². The molecule has 0 fully saturated rings. The summed E-state index contributed by atoms with van der Waals surface area (Å²) in [5, 5.41) is 3.42. The lowest BCUT2D eigenvalue weighted by molar-refractivity contribution is 0.306. The molecular formula is C18H23NO. The van der Waals surface area contributed by atoms with Crippen molar-refractivity contribution in [3.8, 4) is 5.75 Å². The summed E-state index contributed by atoms with van der Waals surface area (Å²) in [4.78, 5) is 0. The van der Waals surface area contributed by atoms with Gasteiger partial charge in [-0.05, 0) is 42.2 Å². The molecule has 2 rings (SSSR count). The summed E-state index contributed by atoms with van der Waals surface area (Å²) >= 11 is 0. The van der Waals surface area contributed by atoms with E-state index in [-0.39, 0.29) is 0 Å². The molecule has 0 aliphatic rings. The molecule has 0 aromatic heterocycles. The standard InChI is InChI=1S/C18H23NO/c1-15(2)12-13-19-17-8-10-18(11-9-17)20-14-16-6-4-3-5-7-16/h3-11,15,19H,12-14H2,1-2H3. The molecule has 0 spiro atoms. The van der Waals surface area contributed by atoms with E-state index in [2.05, 4.69) is 43.4 Å². The van der Waals surface area contributed by atoms with Crippen molar-refractivity contribution in [1.82, 2.24) is 0 Å². The van der Waals surface area contributed by atoms with Crippen molar-refractivity contribution >= 4 is 5.69 Å². The van der Waals surface area contributed by atoms with Crippen molar-refractivity contribution in [2.75, 3.05) is 11.9 Å². The number of hydrogen-bond acceptors (Lipinski definition) is 2. The van der Waals surface area contributed by atoms with Gasteiger partial charge in [0.15, 0.2) is 0 Å². The van der Waals surface area contributed by atoms with E-state index in [0.717, 1.165) is 23.9 Å². The molecule has 2 aromatic carbocycles. The molecule has 1 N–H and O–H groups in total. The summed E-state index contributed by atoms with van der Waals surface area (Å²) in [6, 6.07) is 18.4. The predicted octanol–water partition coefficient (Wildman–Crippen LogP) is 4.72. The number of anilines is 1. The third-order valence-electron chi connectivity index (χ3n) is 3.15. The molecule has 106 valence electrons. The molecule has 0 atom stereocenters. The molecule has 0 radical (unpaired) electrons. The molecule has 0 saturated carbocycles. The third kappa shape index (κ3) is 4.96. The maximum atomic E-state index is 5.76. The third-order valence-corrected chi connectivity index (χ3v) is 3.15. The molecule has 2 nitrogen and oxygen atoms in total. The maximum Gasteiger partial charge on any atom is 0.119 e. The van der Waals surface area contributed by atoms with E-state index >= 15 is 0 Å². The molecule has 0 aliphatic heterocycles. The Morgan fingerprint density at radius 3 is 2.30 bits per heavy atom. The Balaban J connectivity index is 1.79. The highest BCUT2D eigenvalue weighted by Crippen LogP contribution is 2.17. The van der Waals surface area contributed by atoms with E-state index in [0.29, 0.717) is 6.61 Å². The lowest BCUT2D eigenvalue weighted by atomic mass is 10.1. The van der Waals surface area contributed by atoms with Crippen molar-refractivity contribution in [1.29, 1.82) is 0 Å². The Morgan fingerprint density at radius 1 is 0.950 bits per heavy atom. The highest BCUT2D eigenvalue weighted by molar-refractivity contribution is 5.46. The van der Waals surface area contributed by atoms with Crippen LogP contribution in [0.25, 0.3) is 0 Å². The molecule has 0 saturated heterocycles. The first-order valence-electron chi connectivity index (χ1n) is 7.24. The van der Waals surface area contributed by atoms with Gasteiger partial charge >= 0.3 is 0 Å². The fourth-order valence-corrected chi connectivity index (χ4v) is 1.92. The summed E-state index contributed by atoms with van der Waals surface area (Å²) in [5.41, 5.74) is 2.34. The van der Waals surface area contributed by atoms with Gasteiger partial charge in [-0.2, -0.15) is 0 Å². The van der Waals surface area contributed by atoms with Crippen molar-refractivity contribution < 1.29 is 4.74 Å². The van der Waals surface area contributed by atoms with Crippen molar-refractivity contribution in [2.24, 2.45) is 5.92 Å². The Labute approximate surface area is 121 Å². The minimum atomic E-state index is 0.612. The van der Waals surface area contributed by atoms with Crippen LogP contribution in [0.5, 0.6) is 5.75 Å². The zero-order chi connectivity index (χ0) is 14.2. The Kier molecular flexibility index (Phi) is 5.48. The van der Waals surface area contributed by atoms with Crippen LogP contribution in [0.4, 0.5) is 5.69 Å². The second-order valence-electron chi connectivity index (χ2n) is 5.41. The van der Waals surface area contributed by atoms with Gasteiger partial charge in [-0.3, -0.25) is 0 Å². The van der Waals surface area contributed by atoms with Gasteiger partial charge in [0.25, 0.3) is 0 Å². The second kappa shape index (κ2) is 7.59. The van der Waals surface area contributed by atoms with Crippen molar-refractivity contribution in [2.45, 2.75) is 26.9 Å². The van der Waals surface area contributed by atoms with Crippen LogP contribution in [0.2, 0.25) is 0 Å². The number of ether oxygens (including phenoxy) is 1. The fraction of sp³-hybridized carbons (Fsp3) is 0.333. The van der Waals surface area contributed by atoms with E-state index in [9.17, 15) is 0 Å². The summed E-state index contributed by atoms with van der Waals surface area (Å²) in [6.45, 7) is 6.10. The summed E-state index contributed by atoms with van der Waals surface area (Å²) in [5.74, 6) is 1.64. The molecule has 0 amide bonds. The van der Waals surface area contributed by atoms with Crippen LogP contribution in [-0.4, -0.2) is 6.54 Å². The van der Waals surface area contributed by atoms with Crippen LogP contribution in [0.3, 0.4) is 0 Å². The predicted molar refractivity (Wildman–Crippen MR) is 85.2 cm³/mol. The lowest BCUT2D eigenvalue weighted by Crippen LogP contribution is -2.04. The average Bonchev–Trinajstić information content (AvgIpc) is 2.47. The van der Waals surface area contributed by atoms with Crippen LogP contribution in [-0.2, 0) is 6.61 Å². The Morgan fingerprint density at radius 2 is 1.65 bits per heavy atom. The average molecular weight is 269 g/mol. The van der Waals surface area contributed by atoms with Gasteiger partial charge in [-0.25, -0.2) is 0 Å². The van der Waals surface area contributed by atoms with Crippen LogP contribution in [0, 0.1) is 5.92 Å². The summed E-state index contributed by atoms with van der Waals surface area (Å²) in [7, 11) is 0. The van der Waals surface area contributed by atoms with Gasteiger partial charge in [-0.1, -0.05) is 44.2 Å². The number of rotatable bonds is 7. The molecule has 0 heterocycles. The van der Waals surface area contributed by atoms with Crippen LogP contribution in [0.15, 0.2) is 54.6 Å². The largest absolute Gasteiger partial charge is 0.489 e. The number of nitrogens with one attached hydrogen (secondary N) is 1. The molecule has 0 bridgehead atoms. The minimum absolute atomic E-state index is 0.612. The minimum Gasteiger partial charge on any atom is -0.489 e. The second-order valence-corrected chi connectivity index (χ2v) is 5.41. The zero-order valence-electron chi connectivity index (χ0n) is 12.3. The Bertz CT molecular complexity index is 491. The monoisotopic (exact) mass is 269 g/mol. The zero-order valence-corrected chi connectivity index (χ0v) is 12.3. The number of hydrogen-bond donors (Lipinski definition) is 1. The van der Waals surface area contributed by atoms with Gasteiger partial charge < -0.3 is 10.1 Å². The van der Waals surface area contributed by atoms with Crippen LogP contribution >= 0.6 is 0 Å². The molecule has 20 heavy (non-hydrogen) atoms. The first kappa shape index (κ1) is 14.4. The van der Waals surface area contributed by atoms with E-state index in [1.165, 1.54) is 12.0 Å². The van der Waals surface area contributed by atoms with E-state index in [1.54, 1.807) is 0 Å². The SMILES string of the molecule is CC(C)CCNc1ccc(OCc2ccccc2)cc1. The molecule has 2 heteroatoms. The molecule has 0 unspecified atom stereocenters. The highest BCUT2D eigenvalue weighted by atomic mass is 16.5. The van der Waals surface area contributed by atoms with Gasteiger partial charge in [0.2, 0.25) is 0 Å². The molecule has 2 aromatic rings. The smallest absolute Gasteiger partial charge is 0.119 e. The lowest BCUT2D eigenvalue weighted by Gasteiger charge is -2.10. The normalized spacial score (nSPS) is 10.6. The number of benzene rings is 2. The van der Waals surface area contributed by atoms with Gasteiger partial charge in [0.1, 0.15) is 12.4 Å². The van der Waals surface area contributed by atoms with Gasteiger partial charge in [-0.15, -0.1) is 0 Å². The van der Waals surface area contributed by atoms with Crippen LogP contribution in [0.1, 0.15) is 25.8 Å². The summed E-state index contributed by atoms with van der Waals surface area (Å²) in [6.07, 6.45) is 1.19. The topological polar surface area (TPSA) is 21.3 Å². The van der Waals surface area contributed by atoms with Crippen molar-refractivity contribution in [3.63, 3.8) is 0 Å². The summed E-state index contributed by atoms with van der Waals surface area (Å²) < 4.78 is 5.76. The fourth-order valence-electron chi connectivity index (χ4n) is 1.92. The van der Waals surface area contributed by atoms with Gasteiger partial charge in [0, 0.05) is 12.2 Å². The quantitative estimate of drug-likeness (QED) is 0.785. The molecule has 0 aliphatic carbocycles. The van der Waals surface area contributed by atoms with E-state index < -0.39 is 0 Å². The highest BCUT2D eigenvalue weighted by Gasteiger charge is 1.98. The molecular weight excluding hydrogens is 246 g/mol. The van der Waals surface area contributed by atoms with Crippen LogP contribution < -0.4 is 10.1 Å². The van der Waals surface area contributed by atoms with E-state index in [4.69, 9.17) is 4.74 Å². The first-order chi connectivity index (χ1) is 9.74.